The second kappa shape index (κ2) is 14.0. The Hall–Kier alpha value is -3.13. The molecule has 2 aromatic carbocycles. The maximum atomic E-state index is 13.9. The second-order valence-electron chi connectivity index (χ2n) is 11.5. The molecule has 2 aromatic rings. The summed E-state index contributed by atoms with van der Waals surface area (Å²) in [4.78, 5) is 41.0. The number of carbonyl (C=O) groups is 3. The van der Waals surface area contributed by atoms with E-state index in [1.165, 1.54) is 18.6 Å². The summed E-state index contributed by atoms with van der Waals surface area (Å²) in [5.41, 5.74) is 1.83. The van der Waals surface area contributed by atoms with Crippen LogP contribution in [0.1, 0.15) is 86.2 Å². The van der Waals surface area contributed by atoms with Crippen LogP contribution in [0.2, 0.25) is 0 Å². The highest BCUT2D eigenvalue weighted by Crippen LogP contribution is 2.30. The van der Waals surface area contributed by atoms with Gasteiger partial charge >= 0.3 is 0 Å². The minimum Gasteiger partial charge on any atom is -0.342 e. The summed E-state index contributed by atoms with van der Waals surface area (Å²) in [6, 6.07) is 10.5. The van der Waals surface area contributed by atoms with Gasteiger partial charge in [0.05, 0.1) is 12.6 Å². The highest BCUT2D eigenvalue weighted by molar-refractivity contribution is 5.98. The van der Waals surface area contributed by atoms with Gasteiger partial charge in [0.25, 0.3) is 5.91 Å². The third-order valence-electron chi connectivity index (χ3n) is 8.28. The molecule has 0 spiro atoms. The van der Waals surface area contributed by atoms with Gasteiger partial charge in [-0.15, -0.1) is 0 Å². The van der Waals surface area contributed by atoms with Gasteiger partial charge in [-0.25, -0.2) is 8.78 Å². The molecule has 1 aliphatic carbocycles. The molecular weight excluding hydrogens is 512 g/mol. The molecule has 216 valence electrons. The zero-order valence-corrected chi connectivity index (χ0v) is 23.6. The lowest BCUT2D eigenvalue weighted by molar-refractivity contribution is -0.131. The predicted molar refractivity (Wildman–Crippen MR) is 151 cm³/mol. The molecular formula is C32H41F2N3O3. The Balaban J connectivity index is 1.36. The summed E-state index contributed by atoms with van der Waals surface area (Å²) in [6.45, 7) is 5.14. The molecule has 1 saturated carbocycles. The van der Waals surface area contributed by atoms with E-state index >= 15 is 0 Å². The molecule has 1 heterocycles. The molecule has 40 heavy (non-hydrogen) atoms. The standard InChI is InChI=1S/C32H41F2N3O3/c1-21(2)31(39)30(22-8-4-3-5-9-22)36-32(40)24-11-6-10-23(16-24)26-12-7-15-37(20-26)29(38)19-35-18-25-13-14-27(33)17-28(25)34/h6,10-11,13-14,16-17,21-22,26,30,35H,3-5,7-9,12,15,18-20H2,1-2H3,(H,36,40). The van der Waals surface area contributed by atoms with Gasteiger partial charge in [0.2, 0.25) is 5.91 Å². The Kier molecular flexibility index (Phi) is 10.4. The van der Waals surface area contributed by atoms with Crippen LogP contribution < -0.4 is 10.6 Å². The van der Waals surface area contributed by atoms with Crippen LogP contribution in [0.25, 0.3) is 0 Å². The lowest BCUT2D eigenvalue weighted by Gasteiger charge is -2.33. The SMILES string of the molecule is CC(C)C(=O)C(NC(=O)c1cccc(C2CCCN(C(=O)CNCc3ccc(F)cc3F)C2)c1)C1CCCCC1. The predicted octanol–water partition coefficient (Wildman–Crippen LogP) is 5.36. The van der Waals surface area contributed by atoms with Crippen LogP contribution in [0, 0.1) is 23.5 Å². The minimum atomic E-state index is -0.638. The summed E-state index contributed by atoms with van der Waals surface area (Å²) >= 11 is 0. The van der Waals surface area contributed by atoms with Gasteiger partial charge in [-0.2, -0.15) is 0 Å². The molecule has 4 rings (SSSR count). The Morgan fingerprint density at radius 3 is 2.48 bits per heavy atom. The van der Waals surface area contributed by atoms with Crippen LogP contribution in [-0.2, 0) is 16.1 Å². The molecule has 2 unspecified atom stereocenters. The molecule has 2 aliphatic rings. The van der Waals surface area contributed by atoms with Gasteiger partial charge in [-0.1, -0.05) is 51.3 Å². The van der Waals surface area contributed by atoms with Gasteiger partial charge in [-0.05, 0) is 55.4 Å². The van der Waals surface area contributed by atoms with Crippen LogP contribution in [0.5, 0.6) is 0 Å². The molecule has 2 atom stereocenters. The highest BCUT2D eigenvalue weighted by atomic mass is 19.1. The van der Waals surface area contributed by atoms with E-state index in [2.05, 4.69) is 10.6 Å². The Bertz CT molecular complexity index is 1200. The van der Waals surface area contributed by atoms with Gasteiger partial charge in [0.15, 0.2) is 5.78 Å². The number of nitrogens with zero attached hydrogens (tertiary/aromatic N) is 1. The molecule has 0 aromatic heterocycles. The van der Waals surface area contributed by atoms with E-state index in [1.54, 1.807) is 11.0 Å². The fraction of sp³-hybridized carbons (Fsp3) is 0.531. The number of carbonyl (C=O) groups excluding carboxylic acids is 3. The molecule has 1 aliphatic heterocycles. The molecule has 8 heteroatoms. The summed E-state index contributed by atoms with van der Waals surface area (Å²) in [5.74, 6) is -1.36. The number of piperidine rings is 1. The van der Waals surface area contributed by atoms with E-state index in [4.69, 9.17) is 0 Å². The molecule has 2 fully saturated rings. The number of Topliss-reactive ketones (excluding diaryl/α,β-unsaturated/α-hetero) is 1. The van der Waals surface area contributed by atoms with E-state index in [1.807, 2.05) is 32.0 Å². The van der Waals surface area contributed by atoms with Crippen LogP contribution in [0.3, 0.4) is 0 Å². The van der Waals surface area contributed by atoms with Crippen molar-refractivity contribution in [3.63, 3.8) is 0 Å². The summed E-state index contributed by atoms with van der Waals surface area (Å²) in [7, 11) is 0. The normalized spacial score (nSPS) is 18.9. The molecule has 6 nitrogen and oxygen atoms in total. The minimum absolute atomic E-state index is 0.0540. The van der Waals surface area contributed by atoms with Crippen molar-refractivity contribution in [2.24, 2.45) is 11.8 Å². The van der Waals surface area contributed by atoms with Crippen molar-refractivity contribution < 1.29 is 23.2 Å². The highest BCUT2D eigenvalue weighted by Gasteiger charge is 2.32. The van der Waals surface area contributed by atoms with Gasteiger partial charge in [0, 0.05) is 48.7 Å². The van der Waals surface area contributed by atoms with E-state index in [0.717, 1.165) is 50.2 Å². The van der Waals surface area contributed by atoms with Crippen molar-refractivity contribution in [1.82, 2.24) is 15.5 Å². The number of nitrogens with one attached hydrogen (secondary N) is 2. The average Bonchev–Trinajstić information content (AvgIpc) is 2.97. The Morgan fingerprint density at radius 2 is 1.75 bits per heavy atom. The van der Waals surface area contributed by atoms with Crippen LogP contribution in [-0.4, -0.2) is 48.2 Å². The molecule has 0 radical (unpaired) electrons. The first-order valence-electron chi connectivity index (χ1n) is 14.6. The lowest BCUT2D eigenvalue weighted by Crippen LogP contribution is -2.48. The third kappa shape index (κ3) is 7.74. The first-order valence-corrected chi connectivity index (χ1v) is 14.6. The summed E-state index contributed by atoms with van der Waals surface area (Å²) in [5, 5.41) is 6.04. The molecule has 2 N–H and O–H groups in total. The topological polar surface area (TPSA) is 78.5 Å². The fourth-order valence-electron chi connectivity index (χ4n) is 5.96. The van der Waals surface area contributed by atoms with E-state index in [-0.39, 0.29) is 48.4 Å². The van der Waals surface area contributed by atoms with Gasteiger partial charge < -0.3 is 15.5 Å². The van der Waals surface area contributed by atoms with Gasteiger partial charge in [0.1, 0.15) is 11.6 Å². The number of likely N-dealkylation sites (tertiary alicyclic amines) is 1. The Morgan fingerprint density at radius 1 is 0.975 bits per heavy atom. The molecule has 1 saturated heterocycles. The number of hydrogen-bond acceptors (Lipinski definition) is 4. The molecule has 0 bridgehead atoms. The largest absolute Gasteiger partial charge is 0.342 e. The maximum absolute atomic E-state index is 13.9. The lowest BCUT2D eigenvalue weighted by atomic mass is 9.80. The zero-order chi connectivity index (χ0) is 28.6. The van der Waals surface area contributed by atoms with Crippen molar-refractivity contribution in [2.75, 3.05) is 19.6 Å². The third-order valence-corrected chi connectivity index (χ3v) is 8.28. The van der Waals surface area contributed by atoms with E-state index in [9.17, 15) is 23.2 Å². The van der Waals surface area contributed by atoms with Crippen molar-refractivity contribution in [1.29, 1.82) is 0 Å². The van der Waals surface area contributed by atoms with Crippen molar-refractivity contribution in [3.05, 3.63) is 70.8 Å². The number of ketones is 1. The first kappa shape index (κ1) is 29.8. The van der Waals surface area contributed by atoms with Crippen LogP contribution >= 0.6 is 0 Å². The number of rotatable bonds is 10. The number of benzene rings is 2. The van der Waals surface area contributed by atoms with E-state index in [0.29, 0.717) is 24.2 Å². The monoisotopic (exact) mass is 553 g/mol. The number of hydrogen-bond donors (Lipinski definition) is 2. The fourth-order valence-corrected chi connectivity index (χ4v) is 5.96. The Labute approximate surface area is 235 Å². The molecule has 2 amide bonds. The average molecular weight is 554 g/mol. The smallest absolute Gasteiger partial charge is 0.251 e. The second-order valence-corrected chi connectivity index (χ2v) is 11.5. The zero-order valence-electron chi connectivity index (χ0n) is 23.6. The van der Waals surface area contributed by atoms with Crippen molar-refractivity contribution in [3.8, 4) is 0 Å². The van der Waals surface area contributed by atoms with Crippen LogP contribution in [0.15, 0.2) is 42.5 Å². The summed E-state index contributed by atoms with van der Waals surface area (Å²) < 4.78 is 27.0. The number of halogens is 2. The van der Waals surface area contributed by atoms with Crippen molar-refractivity contribution >= 4 is 17.6 Å². The first-order chi connectivity index (χ1) is 19.2. The summed E-state index contributed by atoms with van der Waals surface area (Å²) in [6.07, 6.45) is 7.03. The van der Waals surface area contributed by atoms with Gasteiger partial charge in [-0.3, -0.25) is 14.4 Å². The van der Waals surface area contributed by atoms with Crippen LogP contribution in [0.4, 0.5) is 8.78 Å². The van der Waals surface area contributed by atoms with E-state index < -0.39 is 17.7 Å². The quantitative estimate of drug-likeness (QED) is 0.415. The number of amides is 2. The van der Waals surface area contributed by atoms with Crippen molar-refractivity contribution in [2.45, 2.75) is 77.3 Å². The maximum Gasteiger partial charge on any atom is 0.251 e.